The Labute approximate surface area is 130 Å². The van der Waals surface area contributed by atoms with Crippen molar-refractivity contribution in [3.8, 4) is 5.75 Å². The number of aryl methyl sites for hydroxylation is 1. The maximum atomic E-state index is 11.7. The van der Waals surface area contributed by atoms with Crippen LogP contribution in [0, 0.1) is 6.92 Å². The average molecular weight is 333 g/mol. The fourth-order valence-electron chi connectivity index (χ4n) is 2.45. The summed E-state index contributed by atoms with van der Waals surface area (Å²) in [5, 5.41) is 0. The van der Waals surface area contributed by atoms with E-state index in [1.807, 2.05) is 20.8 Å². The first-order chi connectivity index (χ1) is 9.79. The highest BCUT2D eigenvalue weighted by Gasteiger charge is 2.22. The van der Waals surface area contributed by atoms with Crippen molar-refractivity contribution < 1.29 is 17.9 Å². The topological polar surface area (TPSA) is 52.6 Å². The molecule has 6 heteroatoms. The fraction of sp³-hybridized carbons (Fsp3) is 0.600. The zero-order valence-corrected chi connectivity index (χ0v) is 14.1. The lowest BCUT2D eigenvalue weighted by Crippen LogP contribution is -2.28. The van der Waals surface area contributed by atoms with Gasteiger partial charge >= 0.3 is 0 Å². The van der Waals surface area contributed by atoms with Crippen LogP contribution in [0.2, 0.25) is 0 Å². The molecule has 1 heterocycles. The van der Waals surface area contributed by atoms with Crippen LogP contribution in [-0.4, -0.2) is 27.7 Å². The molecule has 1 aliphatic rings. The molecule has 0 amide bonds. The lowest BCUT2D eigenvalue weighted by atomic mass is 10.0. The van der Waals surface area contributed by atoms with E-state index in [2.05, 4.69) is 0 Å². The molecule has 0 aliphatic carbocycles. The number of benzene rings is 1. The highest BCUT2D eigenvalue weighted by Crippen LogP contribution is 2.33. The summed E-state index contributed by atoms with van der Waals surface area (Å²) in [6.07, 6.45) is 1.96. The predicted octanol–water partition coefficient (Wildman–Crippen LogP) is 3.60. The van der Waals surface area contributed by atoms with E-state index >= 15 is 0 Å². The minimum Gasteiger partial charge on any atom is -0.488 e. The first-order valence-electron chi connectivity index (χ1n) is 7.12. The number of halogens is 1. The van der Waals surface area contributed by atoms with Crippen molar-refractivity contribution in [2.24, 2.45) is 0 Å². The quantitative estimate of drug-likeness (QED) is 0.790. The minimum absolute atomic E-state index is 0.0240. The number of ether oxygens (including phenoxy) is 2. The molecular weight excluding hydrogens is 312 g/mol. The summed E-state index contributed by atoms with van der Waals surface area (Å²) in [6.45, 7) is 7.05. The van der Waals surface area contributed by atoms with Gasteiger partial charge in [0.25, 0.3) is 9.05 Å². The first-order valence-corrected chi connectivity index (χ1v) is 9.43. The summed E-state index contributed by atoms with van der Waals surface area (Å²) in [6, 6.07) is 3.39. The van der Waals surface area contributed by atoms with E-state index in [0.717, 1.165) is 25.0 Å². The normalized spacial score (nSPS) is 19.8. The summed E-state index contributed by atoms with van der Waals surface area (Å²) in [7, 11) is 1.78. The Hall–Kier alpha value is -0.780. The van der Waals surface area contributed by atoms with E-state index in [1.165, 1.54) is 0 Å². The molecule has 0 aromatic heterocycles. The number of hydrogen-bond donors (Lipinski definition) is 0. The Morgan fingerprint density at radius 3 is 2.62 bits per heavy atom. The smallest absolute Gasteiger partial charge is 0.261 e. The van der Waals surface area contributed by atoms with Crippen LogP contribution in [0.1, 0.15) is 43.7 Å². The minimum atomic E-state index is -3.76. The Bertz CT molecular complexity index is 604. The van der Waals surface area contributed by atoms with Crippen LogP contribution in [0.15, 0.2) is 17.0 Å². The summed E-state index contributed by atoms with van der Waals surface area (Å²) < 4.78 is 34.8. The van der Waals surface area contributed by atoms with Gasteiger partial charge in [0.1, 0.15) is 11.9 Å². The second-order valence-corrected chi connectivity index (χ2v) is 8.24. The summed E-state index contributed by atoms with van der Waals surface area (Å²) >= 11 is 0. The van der Waals surface area contributed by atoms with Crippen LogP contribution in [0.25, 0.3) is 0 Å². The van der Waals surface area contributed by atoms with Gasteiger partial charge in [-0.2, -0.15) is 0 Å². The number of rotatable bonds is 4. The van der Waals surface area contributed by atoms with Crippen LogP contribution in [0.4, 0.5) is 0 Å². The SMILES string of the molecule is Cc1cc(S(=O)(=O)Cl)c(C(C)C)cc1OC1CCCOC1. The van der Waals surface area contributed by atoms with Crippen molar-refractivity contribution in [3.05, 3.63) is 23.3 Å². The molecular formula is C15H21ClO4S. The van der Waals surface area contributed by atoms with Crippen molar-refractivity contribution in [3.63, 3.8) is 0 Å². The fourth-order valence-corrected chi connectivity index (χ4v) is 3.74. The lowest BCUT2D eigenvalue weighted by molar-refractivity contribution is 0.00709. The van der Waals surface area contributed by atoms with Crippen molar-refractivity contribution in [2.75, 3.05) is 13.2 Å². The van der Waals surface area contributed by atoms with Crippen molar-refractivity contribution in [1.82, 2.24) is 0 Å². The molecule has 4 nitrogen and oxygen atoms in total. The molecule has 21 heavy (non-hydrogen) atoms. The Morgan fingerprint density at radius 2 is 2.10 bits per heavy atom. The maximum Gasteiger partial charge on any atom is 0.261 e. The van der Waals surface area contributed by atoms with E-state index in [4.69, 9.17) is 20.2 Å². The molecule has 1 saturated heterocycles. The largest absolute Gasteiger partial charge is 0.488 e. The van der Waals surface area contributed by atoms with Gasteiger partial charge in [0.15, 0.2) is 0 Å². The van der Waals surface area contributed by atoms with E-state index < -0.39 is 9.05 Å². The first kappa shape index (κ1) is 16.6. The second-order valence-electron chi connectivity index (χ2n) is 5.71. The highest BCUT2D eigenvalue weighted by molar-refractivity contribution is 8.13. The van der Waals surface area contributed by atoms with Gasteiger partial charge in [0, 0.05) is 17.3 Å². The third-order valence-electron chi connectivity index (χ3n) is 3.60. The molecule has 1 aliphatic heterocycles. The molecule has 1 fully saturated rings. The Balaban J connectivity index is 2.36. The van der Waals surface area contributed by atoms with E-state index in [-0.39, 0.29) is 16.9 Å². The number of hydrogen-bond acceptors (Lipinski definition) is 4. The predicted molar refractivity (Wildman–Crippen MR) is 82.8 cm³/mol. The van der Waals surface area contributed by atoms with E-state index in [9.17, 15) is 8.42 Å². The van der Waals surface area contributed by atoms with Crippen molar-refractivity contribution >= 4 is 19.7 Å². The molecule has 1 aromatic carbocycles. The molecule has 0 N–H and O–H groups in total. The van der Waals surface area contributed by atoms with Gasteiger partial charge in [-0.15, -0.1) is 0 Å². The standard InChI is InChI=1S/C15H21ClO4S/c1-10(2)13-8-14(20-12-5-4-6-19-9-12)11(3)7-15(13)21(16,17)18/h7-8,10,12H,4-6,9H2,1-3H3. The zero-order valence-electron chi connectivity index (χ0n) is 12.6. The van der Waals surface area contributed by atoms with Gasteiger partial charge in [-0.05, 0) is 48.9 Å². The lowest BCUT2D eigenvalue weighted by Gasteiger charge is -2.25. The second kappa shape index (κ2) is 6.55. The average Bonchev–Trinajstić information content (AvgIpc) is 2.40. The van der Waals surface area contributed by atoms with Crippen LogP contribution in [0.5, 0.6) is 5.75 Å². The molecule has 0 spiro atoms. The molecule has 118 valence electrons. The van der Waals surface area contributed by atoms with Crippen molar-refractivity contribution in [2.45, 2.75) is 50.5 Å². The van der Waals surface area contributed by atoms with Crippen LogP contribution in [-0.2, 0) is 13.8 Å². The summed E-state index contributed by atoms with van der Waals surface area (Å²) in [5.74, 6) is 0.748. The molecule has 0 radical (unpaired) electrons. The monoisotopic (exact) mass is 332 g/mol. The molecule has 1 aromatic rings. The molecule has 2 rings (SSSR count). The molecule has 1 unspecified atom stereocenters. The highest BCUT2D eigenvalue weighted by atomic mass is 35.7. The zero-order chi connectivity index (χ0) is 15.6. The van der Waals surface area contributed by atoms with Gasteiger partial charge < -0.3 is 9.47 Å². The molecule has 0 bridgehead atoms. The maximum absolute atomic E-state index is 11.7. The van der Waals surface area contributed by atoms with E-state index in [1.54, 1.807) is 12.1 Å². The Kier molecular flexibility index (Phi) is 5.17. The van der Waals surface area contributed by atoms with Gasteiger partial charge in [-0.1, -0.05) is 13.8 Å². The van der Waals surface area contributed by atoms with Crippen LogP contribution in [0.3, 0.4) is 0 Å². The van der Waals surface area contributed by atoms with Gasteiger partial charge in [0.2, 0.25) is 0 Å². The third-order valence-corrected chi connectivity index (χ3v) is 4.98. The van der Waals surface area contributed by atoms with Crippen LogP contribution >= 0.6 is 10.7 Å². The van der Waals surface area contributed by atoms with Gasteiger partial charge in [0.05, 0.1) is 11.5 Å². The molecule has 1 atom stereocenters. The van der Waals surface area contributed by atoms with Crippen molar-refractivity contribution in [1.29, 1.82) is 0 Å². The summed E-state index contributed by atoms with van der Waals surface area (Å²) in [5.41, 5.74) is 1.45. The third kappa shape index (κ3) is 4.11. The van der Waals surface area contributed by atoms with Crippen LogP contribution < -0.4 is 4.74 Å². The van der Waals surface area contributed by atoms with Gasteiger partial charge in [-0.25, -0.2) is 8.42 Å². The van der Waals surface area contributed by atoms with E-state index in [0.29, 0.717) is 17.9 Å². The van der Waals surface area contributed by atoms with Gasteiger partial charge in [-0.3, -0.25) is 0 Å². The molecule has 0 saturated carbocycles. The summed E-state index contributed by atoms with van der Waals surface area (Å²) in [4.78, 5) is 0.170. The Morgan fingerprint density at radius 1 is 1.38 bits per heavy atom.